The summed E-state index contributed by atoms with van der Waals surface area (Å²) in [6.07, 6.45) is -1.56. The van der Waals surface area contributed by atoms with Crippen LogP contribution in [0.25, 0.3) is 0 Å². The van der Waals surface area contributed by atoms with Gasteiger partial charge in [-0.15, -0.1) is 6.58 Å². The molecule has 188 valence electrons. The highest BCUT2D eigenvalue weighted by molar-refractivity contribution is 6.03. The maximum atomic E-state index is 13.8. The van der Waals surface area contributed by atoms with Gasteiger partial charge in [-0.1, -0.05) is 24.3 Å². The molecular weight excluding hydrogens is 465 g/mol. The maximum Gasteiger partial charge on any atom is 0.416 e. The Kier molecular flexibility index (Phi) is 6.88. The molecule has 0 aliphatic carbocycles. The van der Waals surface area contributed by atoms with E-state index >= 15 is 0 Å². The zero-order valence-corrected chi connectivity index (χ0v) is 19.2. The quantitative estimate of drug-likeness (QED) is 0.573. The van der Waals surface area contributed by atoms with Gasteiger partial charge in [0.1, 0.15) is 6.04 Å². The molecule has 8 nitrogen and oxygen atoms in total. The molecule has 4 rings (SSSR count). The Balaban J connectivity index is 1.64. The SMILES string of the molecule is C=CCN1C(=O)NC(c2ccccc2C(F)(F)F)C2=C1CN(C(C)C(=O)NCC1CCCO1)C2=O. The molecule has 3 heterocycles. The van der Waals surface area contributed by atoms with Crippen LogP contribution in [0.4, 0.5) is 18.0 Å². The van der Waals surface area contributed by atoms with E-state index in [1.54, 1.807) is 6.92 Å². The first-order valence-corrected chi connectivity index (χ1v) is 11.4. The number of hydrogen-bond donors (Lipinski definition) is 2. The number of nitrogens with zero attached hydrogens (tertiary/aromatic N) is 2. The fraction of sp³-hybridized carbons (Fsp3) is 0.458. The molecule has 1 aromatic carbocycles. The zero-order valence-electron chi connectivity index (χ0n) is 19.2. The minimum atomic E-state index is -4.68. The molecule has 3 atom stereocenters. The summed E-state index contributed by atoms with van der Waals surface area (Å²) >= 11 is 0. The van der Waals surface area contributed by atoms with Crippen LogP contribution in [0, 0.1) is 0 Å². The van der Waals surface area contributed by atoms with E-state index in [1.807, 2.05) is 0 Å². The first-order chi connectivity index (χ1) is 16.6. The number of ether oxygens (including phenoxy) is 1. The van der Waals surface area contributed by atoms with Gasteiger partial charge in [0.25, 0.3) is 5.91 Å². The second-order valence-electron chi connectivity index (χ2n) is 8.72. The molecule has 0 radical (unpaired) electrons. The van der Waals surface area contributed by atoms with E-state index in [1.165, 1.54) is 34.1 Å². The van der Waals surface area contributed by atoms with Crippen LogP contribution in [0.5, 0.6) is 0 Å². The van der Waals surface area contributed by atoms with Gasteiger partial charge in [-0.2, -0.15) is 13.2 Å². The molecule has 0 aromatic heterocycles. The molecule has 11 heteroatoms. The summed E-state index contributed by atoms with van der Waals surface area (Å²) in [6, 6.07) is 1.97. The van der Waals surface area contributed by atoms with Crippen LogP contribution < -0.4 is 10.6 Å². The van der Waals surface area contributed by atoms with Crippen LogP contribution in [0.15, 0.2) is 48.2 Å². The Bertz CT molecular complexity index is 1070. The number of carbonyl (C=O) groups excluding carboxylic acids is 3. The highest BCUT2D eigenvalue weighted by Gasteiger charge is 2.48. The van der Waals surface area contributed by atoms with Crippen molar-refractivity contribution in [3.8, 4) is 0 Å². The second-order valence-corrected chi connectivity index (χ2v) is 8.72. The van der Waals surface area contributed by atoms with Gasteiger partial charge in [0.15, 0.2) is 0 Å². The number of hydrogen-bond acceptors (Lipinski definition) is 4. The summed E-state index contributed by atoms with van der Waals surface area (Å²) < 4.78 is 46.8. The van der Waals surface area contributed by atoms with Crippen molar-refractivity contribution in [1.29, 1.82) is 0 Å². The van der Waals surface area contributed by atoms with Gasteiger partial charge in [0.05, 0.1) is 35.5 Å². The lowest BCUT2D eigenvalue weighted by Crippen LogP contribution is -2.48. The summed E-state index contributed by atoms with van der Waals surface area (Å²) in [4.78, 5) is 41.7. The van der Waals surface area contributed by atoms with Gasteiger partial charge in [-0.05, 0) is 31.4 Å². The zero-order chi connectivity index (χ0) is 25.3. The Morgan fingerprint density at radius 3 is 2.74 bits per heavy atom. The smallest absolute Gasteiger partial charge is 0.376 e. The van der Waals surface area contributed by atoms with Gasteiger partial charge in [-0.3, -0.25) is 14.5 Å². The van der Waals surface area contributed by atoms with Crippen molar-refractivity contribution < 1.29 is 32.3 Å². The molecular formula is C24H27F3N4O4. The van der Waals surface area contributed by atoms with Gasteiger partial charge >= 0.3 is 12.2 Å². The van der Waals surface area contributed by atoms with Crippen LogP contribution in [-0.4, -0.2) is 66.0 Å². The number of amides is 4. The lowest BCUT2D eigenvalue weighted by molar-refractivity contribution is -0.138. The van der Waals surface area contributed by atoms with Crippen LogP contribution in [0.1, 0.15) is 36.9 Å². The number of nitrogens with one attached hydrogen (secondary N) is 2. The summed E-state index contributed by atoms with van der Waals surface area (Å²) in [6.45, 7) is 6.08. The van der Waals surface area contributed by atoms with Crippen LogP contribution in [-0.2, 0) is 20.5 Å². The van der Waals surface area contributed by atoms with E-state index in [4.69, 9.17) is 4.74 Å². The summed E-state index contributed by atoms with van der Waals surface area (Å²) in [7, 11) is 0. The minimum Gasteiger partial charge on any atom is -0.376 e. The predicted molar refractivity (Wildman–Crippen MR) is 120 cm³/mol. The lowest BCUT2D eigenvalue weighted by Gasteiger charge is -2.33. The average Bonchev–Trinajstić information content (AvgIpc) is 3.46. The van der Waals surface area contributed by atoms with Crippen molar-refractivity contribution in [2.24, 2.45) is 0 Å². The van der Waals surface area contributed by atoms with Gasteiger partial charge in [-0.25, -0.2) is 4.79 Å². The molecule has 0 saturated carbocycles. The standard InChI is InChI=1S/C24H27F3N4O4/c1-3-10-30-18-13-31(14(2)21(32)28-12-15-7-6-11-35-15)22(33)19(18)20(29-23(30)34)16-8-4-5-9-17(16)24(25,26)27/h3-5,8-9,14-15,20H,1,6-7,10-13H2,2H3,(H,28,32)(H,29,34). The Morgan fingerprint density at radius 2 is 2.09 bits per heavy atom. The van der Waals surface area contributed by atoms with Crippen molar-refractivity contribution in [2.45, 2.75) is 44.1 Å². The van der Waals surface area contributed by atoms with E-state index in [0.717, 1.165) is 18.9 Å². The summed E-state index contributed by atoms with van der Waals surface area (Å²) in [5.41, 5.74) is -0.894. The van der Waals surface area contributed by atoms with E-state index in [-0.39, 0.29) is 36.0 Å². The van der Waals surface area contributed by atoms with E-state index in [0.29, 0.717) is 13.2 Å². The monoisotopic (exact) mass is 492 g/mol. The van der Waals surface area contributed by atoms with E-state index in [9.17, 15) is 27.6 Å². The molecule has 2 N–H and O–H groups in total. The molecule has 1 aromatic rings. The van der Waals surface area contributed by atoms with Gasteiger partial charge < -0.3 is 20.3 Å². The normalized spacial score (nSPS) is 23.3. The molecule has 4 amide bonds. The first kappa shape index (κ1) is 24.8. The van der Waals surface area contributed by atoms with Crippen molar-refractivity contribution >= 4 is 17.8 Å². The third kappa shape index (κ3) is 4.77. The third-order valence-electron chi connectivity index (χ3n) is 6.51. The minimum absolute atomic E-state index is 0.0157. The Morgan fingerprint density at radius 1 is 1.34 bits per heavy atom. The highest BCUT2D eigenvalue weighted by Crippen LogP contribution is 2.41. The number of benzene rings is 1. The number of halogens is 3. The van der Waals surface area contributed by atoms with Crippen molar-refractivity contribution in [3.05, 3.63) is 59.3 Å². The third-order valence-corrected chi connectivity index (χ3v) is 6.51. The largest absolute Gasteiger partial charge is 0.416 e. The van der Waals surface area contributed by atoms with Crippen LogP contribution in [0.2, 0.25) is 0 Å². The molecule has 35 heavy (non-hydrogen) atoms. The van der Waals surface area contributed by atoms with Gasteiger partial charge in [0, 0.05) is 19.7 Å². The number of alkyl halides is 3. The Labute approximate surface area is 200 Å². The van der Waals surface area contributed by atoms with E-state index < -0.39 is 41.7 Å². The van der Waals surface area contributed by atoms with E-state index in [2.05, 4.69) is 17.2 Å². The second kappa shape index (κ2) is 9.73. The lowest BCUT2D eigenvalue weighted by atomic mass is 9.91. The molecule has 3 unspecified atom stereocenters. The fourth-order valence-corrected chi connectivity index (χ4v) is 4.70. The van der Waals surface area contributed by atoms with Crippen molar-refractivity contribution in [1.82, 2.24) is 20.4 Å². The molecule has 0 bridgehead atoms. The predicted octanol–water partition coefficient (Wildman–Crippen LogP) is 2.74. The van der Waals surface area contributed by atoms with Crippen LogP contribution >= 0.6 is 0 Å². The molecule has 3 aliphatic heterocycles. The number of carbonyl (C=O) groups is 3. The van der Waals surface area contributed by atoms with Crippen LogP contribution in [0.3, 0.4) is 0 Å². The topological polar surface area (TPSA) is 91.0 Å². The number of urea groups is 1. The first-order valence-electron chi connectivity index (χ1n) is 11.4. The number of rotatable bonds is 7. The molecule has 1 saturated heterocycles. The molecule has 3 aliphatic rings. The fourth-order valence-electron chi connectivity index (χ4n) is 4.70. The average molecular weight is 492 g/mol. The van der Waals surface area contributed by atoms with Crippen molar-refractivity contribution in [2.75, 3.05) is 26.2 Å². The van der Waals surface area contributed by atoms with Gasteiger partial charge in [0.2, 0.25) is 5.91 Å². The van der Waals surface area contributed by atoms with Crippen molar-refractivity contribution in [3.63, 3.8) is 0 Å². The maximum absolute atomic E-state index is 13.8. The Hall–Kier alpha value is -3.34. The molecule has 1 fully saturated rings. The molecule has 0 spiro atoms. The summed E-state index contributed by atoms with van der Waals surface area (Å²) in [5.74, 6) is -1.01. The highest BCUT2D eigenvalue weighted by atomic mass is 19.4. The summed E-state index contributed by atoms with van der Waals surface area (Å²) in [5, 5.41) is 5.33.